The molecule has 0 saturated heterocycles. The van der Waals surface area contributed by atoms with E-state index in [0.717, 1.165) is 44.5 Å². The molecule has 0 fully saturated rings. The fraction of sp³-hybridized carbons (Fsp3) is 0.207. The van der Waals surface area contributed by atoms with Crippen LogP contribution < -0.4 is 19.5 Å². The molecule has 180 valence electrons. The van der Waals surface area contributed by atoms with Crippen molar-refractivity contribution < 1.29 is 23.4 Å². The van der Waals surface area contributed by atoms with Gasteiger partial charge in [-0.25, -0.2) is 0 Å². The van der Waals surface area contributed by atoms with Gasteiger partial charge in [-0.2, -0.15) is 0 Å². The fourth-order valence-electron chi connectivity index (χ4n) is 4.26. The quantitative estimate of drug-likeness (QED) is 0.301. The molecular weight excluding hydrogens is 442 g/mol. The van der Waals surface area contributed by atoms with Crippen molar-refractivity contribution in [3.63, 3.8) is 0 Å². The lowest BCUT2D eigenvalue weighted by molar-refractivity contribution is -0.111. The van der Waals surface area contributed by atoms with E-state index in [4.69, 9.17) is 18.6 Å². The van der Waals surface area contributed by atoms with Crippen LogP contribution in [0.2, 0.25) is 0 Å². The summed E-state index contributed by atoms with van der Waals surface area (Å²) in [5, 5.41) is 3.85. The molecule has 0 bridgehead atoms. The fourth-order valence-corrected chi connectivity index (χ4v) is 4.26. The van der Waals surface area contributed by atoms with Crippen LogP contribution in [-0.4, -0.2) is 27.2 Å². The summed E-state index contributed by atoms with van der Waals surface area (Å²) in [7, 11) is 4.82. The van der Waals surface area contributed by atoms with E-state index in [-0.39, 0.29) is 5.91 Å². The van der Waals surface area contributed by atoms with Gasteiger partial charge in [-0.3, -0.25) is 4.79 Å². The maximum Gasteiger partial charge on any atom is 0.248 e. The van der Waals surface area contributed by atoms with E-state index in [9.17, 15) is 4.79 Å². The second-order valence-electron chi connectivity index (χ2n) is 8.46. The van der Waals surface area contributed by atoms with Crippen molar-refractivity contribution in [3.8, 4) is 28.4 Å². The Hall–Kier alpha value is -4.19. The number of anilines is 1. The number of benzene rings is 3. The Labute approximate surface area is 205 Å². The molecule has 0 aliphatic carbocycles. The molecule has 35 heavy (non-hydrogen) atoms. The number of rotatable bonds is 7. The van der Waals surface area contributed by atoms with Crippen LogP contribution in [0.5, 0.6) is 17.2 Å². The van der Waals surface area contributed by atoms with Gasteiger partial charge < -0.3 is 23.9 Å². The number of nitrogens with one attached hydrogen (secondary N) is 1. The van der Waals surface area contributed by atoms with Gasteiger partial charge in [0.25, 0.3) is 0 Å². The van der Waals surface area contributed by atoms with E-state index < -0.39 is 0 Å². The van der Waals surface area contributed by atoms with E-state index in [1.165, 1.54) is 0 Å². The normalized spacial score (nSPS) is 11.4. The summed E-state index contributed by atoms with van der Waals surface area (Å²) in [5.74, 6) is 1.70. The van der Waals surface area contributed by atoms with Crippen LogP contribution in [0.1, 0.15) is 23.6 Å². The smallest absolute Gasteiger partial charge is 0.248 e. The number of amides is 1. The first-order valence-electron chi connectivity index (χ1n) is 11.2. The summed E-state index contributed by atoms with van der Waals surface area (Å²) in [6.45, 7) is 5.90. The van der Waals surface area contributed by atoms with Gasteiger partial charge in [-0.05, 0) is 73.4 Å². The average molecular weight is 472 g/mol. The lowest BCUT2D eigenvalue weighted by atomic mass is 9.99. The number of furan rings is 1. The molecule has 4 rings (SSSR count). The second kappa shape index (κ2) is 9.97. The number of carbonyl (C=O) groups is 1. The molecular formula is C29H29NO5. The van der Waals surface area contributed by atoms with Gasteiger partial charge in [0.05, 0.1) is 27.6 Å². The maximum atomic E-state index is 12.8. The highest BCUT2D eigenvalue weighted by Crippen LogP contribution is 2.39. The molecule has 0 saturated carbocycles. The zero-order valence-corrected chi connectivity index (χ0v) is 20.8. The Balaban J connectivity index is 1.72. The monoisotopic (exact) mass is 471 g/mol. The summed E-state index contributed by atoms with van der Waals surface area (Å²) in [5.41, 5.74) is 7.03. The lowest BCUT2D eigenvalue weighted by Crippen LogP contribution is -2.09. The third-order valence-corrected chi connectivity index (χ3v) is 5.85. The highest BCUT2D eigenvalue weighted by Gasteiger charge is 2.16. The van der Waals surface area contributed by atoms with Crippen LogP contribution in [0.25, 0.3) is 27.7 Å². The van der Waals surface area contributed by atoms with Crippen molar-refractivity contribution in [3.05, 3.63) is 77.6 Å². The molecule has 1 aromatic heterocycles. The predicted molar refractivity (Wildman–Crippen MR) is 140 cm³/mol. The molecule has 6 nitrogen and oxygen atoms in total. The Bertz CT molecular complexity index is 1410. The third-order valence-electron chi connectivity index (χ3n) is 5.85. The van der Waals surface area contributed by atoms with Crippen molar-refractivity contribution in [1.29, 1.82) is 0 Å². The zero-order valence-electron chi connectivity index (χ0n) is 20.8. The van der Waals surface area contributed by atoms with Crippen molar-refractivity contribution in [2.24, 2.45) is 0 Å². The molecule has 1 heterocycles. The van der Waals surface area contributed by atoms with Gasteiger partial charge in [0.2, 0.25) is 5.91 Å². The number of hydrogen-bond donors (Lipinski definition) is 1. The molecule has 4 aromatic rings. The number of carbonyl (C=O) groups excluding carboxylic acids is 1. The highest BCUT2D eigenvalue weighted by atomic mass is 16.5. The van der Waals surface area contributed by atoms with Crippen LogP contribution in [0, 0.1) is 13.8 Å². The van der Waals surface area contributed by atoms with Crippen LogP contribution in [0.4, 0.5) is 5.69 Å². The van der Waals surface area contributed by atoms with Crippen LogP contribution in [0.3, 0.4) is 0 Å². The number of aryl methyl sites for hydroxylation is 2. The van der Waals surface area contributed by atoms with E-state index in [2.05, 4.69) is 11.4 Å². The molecule has 1 amide bonds. The van der Waals surface area contributed by atoms with Crippen molar-refractivity contribution in [1.82, 2.24) is 0 Å². The van der Waals surface area contributed by atoms with E-state index >= 15 is 0 Å². The lowest BCUT2D eigenvalue weighted by Gasteiger charge is -2.11. The molecule has 0 aliphatic rings. The molecule has 0 atom stereocenters. The molecule has 0 radical (unpaired) electrons. The minimum atomic E-state index is -0.207. The Morgan fingerprint density at radius 3 is 2.20 bits per heavy atom. The largest absolute Gasteiger partial charge is 0.496 e. The van der Waals surface area contributed by atoms with Gasteiger partial charge in [-0.15, -0.1) is 0 Å². The summed E-state index contributed by atoms with van der Waals surface area (Å²) < 4.78 is 22.3. The summed E-state index contributed by atoms with van der Waals surface area (Å²) in [6, 6.07) is 15.5. The summed E-state index contributed by atoms with van der Waals surface area (Å²) >= 11 is 0. The minimum Gasteiger partial charge on any atom is -0.496 e. The van der Waals surface area contributed by atoms with Crippen LogP contribution in [-0.2, 0) is 4.79 Å². The van der Waals surface area contributed by atoms with Gasteiger partial charge in [0.15, 0.2) is 11.5 Å². The van der Waals surface area contributed by atoms with Gasteiger partial charge >= 0.3 is 0 Å². The molecule has 0 unspecified atom stereocenters. The number of fused-ring (bicyclic) bond motifs is 1. The number of hydrogen-bond acceptors (Lipinski definition) is 5. The topological polar surface area (TPSA) is 69.9 Å². The summed E-state index contributed by atoms with van der Waals surface area (Å²) in [4.78, 5) is 12.8. The van der Waals surface area contributed by atoms with E-state index in [0.29, 0.717) is 22.8 Å². The van der Waals surface area contributed by atoms with Gasteiger partial charge in [0.1, 0.15) is 11.3 Å². The first kappa shape index (κ1) is 24.0. The third kappa shape index (κ3) is 5.01. The molecule has 0 spiro atoms. The molecule has 3 aromatic carbocycles. The van der Waals surface area contributed by atoms with Crippen molar-refractivity contribution in [2.45, 2.75) is 20.8 Å². The van der Waals surface area contributed by atoms with Gasteiger partial charge in [0, 0.05) is 34.3 Å². The average Bonchev–Trinajstić information content (AvgIpc) is 3.24. The standard InChI is InChI=1S/C29H29NO5/c1-17-9-18(2)11-21(10-17)30-29(31)12-19(3)22-14-23-24(16-35-27(23)15-26(22)33-5)20-7-8-25(32-4)28(13-20)34-6/h7-16H,1-6H3,(H,30,31)/b19-12+. The van der Waals surface area contributed by atoms with Crippen LogP contribution in [0.15, 0.2) is 65.3 Å². The van der Waals surface area contributed by atoms with Gasteiger partial charge in [-0.1, -0.05) is 12.1 Å². The van der Waals surface area contributed by atoms with E-state index in [1.807, 2.05) is 63.2 Å². The minimum absolute atomic E-state index is 0.207. The Kier molecular flexibility index (Phi) is 6.82. The SMILES string of the molecule is COc1ccc(-c2coc3cc(OC)c(/C(C)=C/C(=O)Nc4cc(C)cc(C)c4)cc23)cc1OC. The van der Waals surface area contributed by atoms with E-state index in [1.54, 1.807) is 33.7 Å². The van der Waals surface area contributed by atoms with Crippen LogP contribution >= 0.6 is 0 Å². The van der Waals surface area contributed by atoms with Crippen molar-refractivity contribution in [2.75, 3.05) is 26.6 Å². The number of allylic oxidation sites excluding steroid dienone is 1. The number of methoxy groups -OCH3 is 3. The zero-order chi connectivity index (χ0) is 25.1. The molecule has 6 heteroatoms. The Morgan fingerprint density at radius 1 is 0.857 bits per heavy atom. The summed E-state index contributed by atoms with van der Waals surface area (Å²) in [6.07, 6.45) is 3.29. The molecule has 1 N–H and O–H groups in total. The second-order valence-corrected chi connectivity index (χ2v) is 8.46. The maximum absolute atomic E-state index is 12.8. The first-order chi connectivity index (χ1) is 16.8. The highest BCUT2D eigenvalue weighted by molar-refractivity contribution is 6.05. The molecule has 0 aliphatic heterocycles. The van der Waals surface area contributed by atoms with Crippen molar-refractivity contribution >= 4 is 28.1 Å². The predicted octanol–water partition coefficient (Wildman–Crippen LogP) is 6.78. The number of ether oxygens (including phenoxy) is 3. The first-order valence-corrected chi connectivity index (χ1v) is 11.2. The Morgan fingerprint density at radius 2 is 1.54 bits per heavy atom.